The smallest absolute Gasteiger partial charge is 0.273 e. The molecular formula is C26H35N7O. The molecule has 2 N–H and O–H groups in total. The van der Waals surface area contributed by atoms with Gasteiger partial charge in [0.2, 0.25) is 0 Å². The summed E-state index contributed by atoms with van der Waals surface area (Å²) < 4.78 is 1.70. The lowest BCUT2D eigenvalue weighted by atomic mass is 9.97. The van der Waals surface area contributed by atoms with Crippen LogP contribution in [0.4, 0.5) is 5.69 Å². The number of anilines is 1. The molecule has 1 unspecified atom stereocenters. The Hall–Kier alpha value is -3.26. The van der Waals surface area contributed by atoms with Crippen LogP contribution in [-0.4, -0.2) is 52.1 Å². The predicted molar refractivity (Wildman–Crippen MR) is 135 cm³/mol. The zero-order chi connectivity index (χ0) is 24.3. The summed E-state index contributed by atoms with van der Waals surface area (Å²) in [6.45, 7) is 10.6. The molecule has 0 saturated carbocycles. The summed E-state index contributed by atoms with van der Waals surface area (Å²) in [5, 5.41) is 14.5. The van der Waals surface area contributed by atoms with Crippen LogP contribution >= 0.6 is 0 Å². The van der Waals surface area contributed by atoms with Crippen molar-refractivity contribution in [1.82, 2.24) is 30.6 Å². The molecule has 0 spiro atoms. The van der Waals surface area contributed by atoms with Crippen molar-refractivity contribution in [2.24, 2.45) is 0 Å². The molecular weight excluding hydrogens is 426 g/mol. The third kappa shape index (κ3) is 5.28. The van der Waals surface area contributed by atoms with E-state index >= 15 is 0 Å². The van der Waals surface area contributed by atoms with Crippen LogP contribution in [0.1, 0.15) is 55.2 Å². The van der Waals surface area contributed by atoms with E-state index in [1.807, 2.05) is 40.2 Å². The molecule has 180 valence electrons. The third-order valence-corrected chi connectivity index (χ3v) is 6.48. The van der Waals surface area contributed by atoms with E-state index in [0.29, 0.717) is 18.3 Å². The average Bonchev–Trinajstić information content (AvgIpc) is 3.34. The fourth-order valence-electron chi connectivity index (χ4n) is 4.34. The van der Waals surface area contributed by atoms with Gasteiger partial charge in [0, 0.05) is 37.4 Å². The van der Waals surface area contributed by atoms with Gasteiger partial charge in [-0.1, -0.05) is 23.4 Å². The van der Waals surface area contributed by atoms with Crippen LogP contribution in [0.3, 0.4) is 0 Å². The van der Waals surface area contributed by atoms with Gasteiger partial charge in [-0.3, -0.25) is 9.78 Å². The number of nitrogens with one attached hydrogen (secondary N) is 2. The highest BCUT2D eigenvalue weighted by atomic mass is 16.2. The van der Waals surface area contributed by atoms with Crippen molar-refractivity contribution in [3.8, 4) is 11.1 Å². The minimum absolute atomic E-state index is 0.216. The largest absolute Gasteiger partial charge is 0.368 e. The number of nitrogens with zero attached hydrogens (tertiary/aromatic N) is 5. The van der Waals surface area contributed by atoms with Crippen LogP contribution in [0, 0.1) is 6.92 Å². The number of piperidine rings is 1. The first-order valence-electron chi connectivity index (χ1n) is 11.9. The van der Waals surface area contributed by atoms with E-state index < -0.39 is 0 Å². The van der Waals surface area contributed by atoms with Crippen LogP contribution < -0.4 is 15.5 Å². The summed E-state index contributed by atoms with van der Waals surface area (Å²) in [6, 6.07) is 9.00. The van der Waals surface area contributed by atoms with Crippen LogP contribution in [0.15, 0.2) is 42.9 Å². The van der Waals surface area contributed by atoms with Gasteiger partial charge in [-0.15, -0.1) is 5.10 Å². The first-order chi connectivity index (χ1) is 16.3. The number of amides is 1. The van der Waals surface area contributed by atoms with Gasteiger partial charge in [0.25, 0.3) is 5.91 Å². The molecule has 1 aromatic carbocycles. The molecule has 34 heavy (non-hydrogen) atoms. The summed E-state index contributed by atoms with van der Waals surface area (Å²) in [5.74, 6) is -0.223. The normalized spacial score (nSPS) is 16.5. The maximum atomic E-state index is 12.6. The molecule has 3 aromatic rings. The lowest BCUT2D eigenvalue weighted by Crippen LogP contribution is -2.44. The number of carbonyl (C=O) groups is 1. The molecule has 1 aliphatic rings. The van der Waals surface area contributed by atoms with E-state index in [0.717, 1.165) is 29.8 Å². The lowest BCUT2D eigenvalue weighted by molar-refractivity contribution is 0.0945. The number of likely N-dealkylation sites (N-methyl/N-ethyl adjacent to an activating group) is 1. The number of hydrogen-bond acceptors (Lipinski definition) is 6. The third-order valence-electron chi connectivity index (χ3n) is 6.48. The predicted octanol–water partition coefficient (Wildman–Crippen LogP) is 3.52. The standard InChI is InChI=1S/C26H35N7O/c1-18-13-19(22-10-11-28-15-24(22)32-12-6-7-21(16-32)27-5)8-9-20(18)14-29-25(34)23-17-33(31-30-23)26(2,3)4/h8-11,13,15,17,21,27H,6-7,12,14,16H2,1-5H3,(H,29,34). The van der Waals surface area contributed by atoms with E-state index in [4.69, 9.17) is 0 Å². The van der Waals surface area contributed by atoms with Crippen LogP contribution in [0.5, 0.6) is 0 Å². The topological polar surface area (TPSA) is 88.0 Å². The number of benzene rings is 1. The molecule has 1 saturated heterocycles. The maximum absolute atomic E-state index is 12.6. The van der Waals surface area contributed by atoms with Gasteiger partial charge in [0.15, 0.2) is 5.69 Å². The lowest BCUT2D eigenvalue weighted by Gasteiger charge is -2.35. The van der Waals surface area contributed by atoms with Gasteiger partial charge < -0.3 is 15.5 Å². The van der Waals surface area contributed by atoms with Crippen molar-refractivity contribution < 1.29 is 4.79 Å². The number of pyridine rings is 1. The Morgan fingerprint density at radius 2 is 2.06 bits per heavy atom. The van der Waals surface area contributed by atoms with Crippen molar-refractivity contribution in [2.45, 2.75) is 58.7 Å². The second-order valence-corrected chi connectivity index (χ2v) is 10.0. The van der Waals surface area contributed by atoms with Crippen molar-refractivity contribution in [3.05, 3.63) is 59.7 Å². The Bertz CT molecular complexity index is 1150. The summed E-state index contributed by atoms with van der Waals surface area (Å²) in [5.41, 5.74) is 5.83. The zero-order valence-corrected chi connectivity index (χ0v) is 20.8. The summed E-state index contributed by atoms with van der Waals surface area (Å²) >= 11 is 0. The number of hydrogen-bond donors (Lipinski definition) is 2. The molecule has 1 aliphatic heterocycles. The Labute approximate surface area is 201 Å². The Morgan fingerprint density at radius 1 is 1.24 bits per heavy atom. The van der Waals surface area contributed by atoms with E-state index in [1.54, 1.807) is 10.9 Å². The summed E-state index contributed by atoms with van der Waals surface area (Å²) in [4.78, 5) is 19.4. The van der Waals surface area contributed by atoms with Gasteiger partial charge >= 0.3 is 0 Å². The molecule has 3 heterocycles. The van der Waals surface area contributed by atoms with Crippen molar-refractivity contribution in [3.63, 3.8) is 0 Å². The highest BCUT2D eigenvalue weighted by Crippen LogP contribution is 2.32. The molecule has 0 bridgehead atoms. The molecule has 0 radical (unpaired) electrons. The summed E-state index contributed by atoms with van der Waals surface area (Å²) in [6.07, 6.45) is 7.89. The fraction of sp³-hybridized carbons (Fsp3) is 0.462. The zero-order valence-electron chi connectivity index (χ0n) is 20.8. The monoisotopic (exact) mass is 461 g/mol. The fourth-order valence-corrected chi connectivity index (χ4v) is 4.34. The van der Waals surface area contributed by atoms with Gasteiger partial charge in [0.05, 0.1) is 23.6 Å². The number of rotatable bonds is 6. The van der Waals surface area contributed by atoms with Crippen LogP contribution in [-0.2, 0) is 12.1 Å². The molecule has 8 nitrogen and oxygen atoms in total. The molecule has 0 aliphatic carbocycles. The van der Waals surface area contributed by atoms with Crippen LogP contribution in [0.2, 0.25) is 0 Å². The number of carbonyl (C=O) groups excluding carboxylic acids is 1. The first kappa shape index (κ1) is 23.9. The van der Waals surface area contributed by atoms with Crippen molar-refractivity contribution in [2.75, 3.05) is 25.0 Å². The molecule has 1 fully saturated rings. The molecule has 2 aromatic heterocycles. The minimum Gasteiger partial charge on any atom is -0.368 e. The van der Waals surface area contributed by atoms with E-state index in [2.05, 4.69) is 62.0 Å². The average molecular weight is 462 g/mol. The van der Waals surface area contributed by atoms with Gasteiger partial charge in [-0.25, -0.2) is 4.68 Å². The Kier molecular flexibility index (Phi) is 6.97. The van der Waals surface area contributed by atoms with Crippen molar-refractivity contribution in [1.29, 1.82) is 0 Å². The van der Waals surface area contributed by atoms with E-state index in [9.17, 15) is 4.79 Å². The Morgan fingerprint density at radius 3 is 2.76 bits per heavy atom. The SMILES string of the molecule is CNC1CCCN(c2cnccc2-c2ccc(CNC(=O)c3cn(C(C)(C)C)nn3)c(C)c2)C1. The highest BCUT2D eigenvalue weighted by molar-refractivity contribution is 5.91. The van der Waals surface area contributed by atoms with Crippen molar-refractivity contribution >= 4 is 11.6 Å². The highest BCUT2D eigenvalue weighted by Gasteiger charge is 2.22. The maximum Gasteiger partial charge on any atom is 0.273 e. The number of aromatic nitrogens is 4. The second kappa shape index (κ2) is 9.93. The first-order valence-corrected chi connectivity index (χ1v) is 11.9. The van der Waals surface area contributed by atoms with E-state index in [1.165, 1.54) is 24.1 Å². The minimum atomic E-state index is -0.223. The molecule has 8 heteroatoms. The van der Waals surface area contributed by atoms with Crippen LogP contribution in [0.25, 0.3) is 11.1 Å². The number of aryl methyl sites for hydroxylation is 1. The molecule has 1 atom stereocenters. The Balaban J connectivity index is 1.48. The second-order valence-electron chi connectivity index (χ2n) is 10.0. The quantitative estimate of drug-likeness (QED) is 0.584. The molecule has 4 rings (SSSR count). The summed E-state index contributed by atoms with van der Waals surface area (Å²) in [7, 11) is 2.03. The van der Waals surface area contributed by atoms with Gasteiger partial charge in [-0.2, -0.15) is 0 Å². The van der Waals surface area contributed by atoms with E-state index in [-0.39, 0.29) is 11.4 Å². The molecule has 1 amide bonds. The van der Waals surface area contributed by atoms with Gasteiger partial charge in [0.1, 0.15) is 0 Å². The van der Waals surface area contributed by atoms with Gasteiger partial charge in [-0.05, 0) is 70.3 Å².